The molecule has 1 atom stereocenters. The van der Waals surface area contributed by atoms with Gasteiger partial charge in [0.15, 0.2) is 0 Å². The lowest BCUT2D eigenvalue weighted by Crippen LogP contribution is -2.52. The summed E-state index contributed by atoms with van der Waals surface area (Å²) < 4.78 is 29.0. The Bertz CT molecular complexity index is 1410. The van der Waals surface area contributed by atoms with Crippen molar-refractivity contribution in [2.24, 2.45) is 0 Å². The van der Waals surface area contributed by atoms with Gasteiger partial charge in [0.25, 0.3) is 10.0 Å². The van der Waals surface area contributed by atoms with Crippen molar-refractivity contribution < 1.29 is 18.0 Å². The van der Waals surface area contributed by atoms with Gasteiger partial charge in [-0.05, 0) is 75.6 Å². The van der Waals surface area contributed by atoms with Gasteiger partial charge in [-0.15, -0.1) is 0 Å². The highest BCUT2D eigenvalue weighted by molar-refractivity contribution is 7.92. The smallest absolute Gasteiger partial charge is 0.264 e. The van der Waals surface area contributed by atoms with Gasteiger partial charge in [0.2, 0.25) is 11.8 Å². The molecule has 0 unspecified atom stereocenters. The van der Waals surface area contributed by atoms with Crippen LogP contribution in [0.1, 0.15) is 42.5 Å². The number of amides is 2. The monoisotopic (exact) mass is 569 g/mol. The van der Waals surface area contributed by atoms with E-state index in [0.29, 0.717) is 29.2 Å². The molecule has 0 heterocycles. The molecule has 0 fully saturated rings. The number of hydrogen-bond acceptors (Lipinski definition) is 4. The predicted octanol–water partition coefficient (Wildman–Crippen LogP) is 5.40. The van der Waals surface area contributed by atoms with E-state index in [2.05, 4.69) is 5.32 Å². The number of carbonyl (C=O) groups is 2. The van der Waals surface area contributed by atoms with Crippen molar-refractivity contribution in [1.29, 1.82) is 0 Å². The predicted molar refractivity (Wildman–Crippen MR) is 156 cm³/mol. The number of carbonyl (C=O) groups excluding carboxylic acids is 2. The highest BCUT2D eigenvalue weighted by atomic mass is 35.5. The van der Waals surface area contributed by atoms with E-state index >= 15 is 0 Å². The minimum Gasteiger partial charge on any atom is -0.355 e. The van der Waals surface area contributed by atoms with Crippen LogP contribution in [-0.4, -0.2) is 44.3 Å². The lowest BCUT2D eigenvalue weighted by atomic mass is 10.1. The Balaban J connectivity index is 2.09. The number of hydrogen-bond donors (Lipinski definition) is 1. The van der Waals surface area contributed by atoms with Crippen LogP contribution in [0.2, 0.25) is 5.02 Å². The fraction of sp³-hybridized carbons (Fsp3) is 0.333. The fourth-order valence-electron chi connectivity index (χ4n) is 4.35. The summed E-state index contributed by atoms with van der Waals surface area (Å²) in [7, 11) is -4.13. The standard InChI is InChI=1S/C30H36ClN3O4S/c1-6-27(30(36)32-7-2)33(19-24-12-8-21(3)9-13-24)29(35)20-34(28-17-14-25(31)18-23(28)5)39(37,38)26-15-10-22(4)11-16-26/h8-18,27H,6-7,19-20H2,1-5H3,(H,32,36)/t27-/m0/s1. The molecule has 0 saturated heterocycles. The minimum absolute atomic E-state index is 0.0658. The van der Waals surface area contributed by atoms with E-state index < -0.39 is 28.5 Å². The Kier molecular flexibility index (Phi) is 10.2. The molecule has 0 aliphatic heterocycles. The van der Waals surface area contributed by atoms with Crippen molar-refractivity contribution >= 4 is 39.1 Å². The topological polar surface area (TPSA) is 86.8 Å². The molecule has 0 radical (unpaired) electrons. The molecular formula is C30H36ClN3O4S. The van der Waals surface area contributed by atoms with Gasteiger partial charge in [0, 0.05) is 18.1 Å². The zero-order chi connectivity index (χ0) is 28.7. The number of likely N-dealkylation sites (N-methyl/N-ethyl adjacent to an activating group) is 1. The van der Waals surface area contributed by atoms with Gasteiger partial charge >= 0.3 is 0 Å². The van der Waals surface area contributed by atoms with Gasteiger partial charge in [-0.2, -0.15) is 0 Å². The Labute approximate surface area is 236 Å². The maximum Gasteiger partial charge on any atom is 0.264 e. The van der Waals surface area contributed by atoms with Crippen molar-refractivity contribution in [3.8, 4) is 0 Å². The average molecular weight is 570 g/mol. The van der Waals surface area contributed by atoms with Crippen LogP contribution in [0.25, 0.3) is 0 Å². The van der Waals surface area contributed by atoms with Crippen LogP contribution < -0.4 is 9.62 Å². The van der Waals surface area contributed by atoms with Gasteiger partial charge in [-0.1, -0.05) is 66.0 Å². The van der Waals surface area contributed by atoms with Crippen LogP contribution in [0, 0.1) is 20.8 Å². The van der Waals surface area contributed by atoms with Crippen LogP contribution in [0.5, 0.6) is 0 Å². The summed E-state index contributed by atoms with van der Waals surface area (Å²) in [6, 6.07) is 18.3. The molecule has 208 valence electrons. The molecule has 3 aromatic carbocycles. The summed E-state index contributed by atoms with van der Waals surface area (Å²) in [6.45, 7) is 9.33. The van der Waals surface area contributed by atoms with Crippen LogP contribution in [0.15, 0.2) is 71.6 Å². The quantitative estimate of drug-likeness (QED) is 0.335. The van der Waals surface area contributed by atoms with E-state index in [4.69, 9.17) is 11.6 Å². The van der Waals surface area contributed by atoms with E-state index in [1.807, 2.05) is 52.0 Å². The first-order valence-electron chi connectivity index (χ1n) is 13.0. The van der Waals surface area contributed by atoms with Gasteiger partial charge in [-0.3, -0.25) is 13.9 Å². The zero-order valence-corrected chi connectivity index (χ0v) is 24.6. The summed E-state index contributed by atoms with van der Waals surface area (Å²) in [6.07, 6.45) is 0.369. The van der Waals surface area contributed by atoms with Crippen LogP contribution in [0.3, 0.4) is 0 Å². The third-order valence-electron chi connectivity index (χ3n) is 6.53. The Hall–Kier alpha value is -3.36. The van der Waals surface area contributed by atoms with Gasteiger partial charge < -0.3 is 10.2 Å². The number of benzene rings is 3. The lowest BCUT2D eigenvalue weighted by molar-refractivity contribution is -0.140. The Morgan fingerprint density at radius 3 is 2.03 bits per heavy atom. The van der Waals surface area contributed by atoms with E-state index in [0.717, 1.165) is 21.0 Å². The molecular weight excluding hydrogens is 534 g/mol. The maximum atomic E-state index is 14.0. The molecule has 3 aromatic rings. The maximum absolute atomic E-state index is 14.0. The molecule has 0 aliphatic rings. The highest BCUT2D eigenvalue weighted by Crippen LogP contribution is 2.29. The van der Waals surface area contributed by atoms with E-state index in [9.17, 15) is 18.0 Å². The van der Waals surface area contributed by atoms with Crippen molar-refractivity contribution in [1.82, 2.24) is 10.2 Å². The molecule has 3 rings (SSSR count). The summed E-state index contributed by atoms with van der Waals surface area (Å²) in [5.74, 6) is -0.769. The average Bonchev–Trinajstić information content (AvgIpc) is 2.89. The summed E-state index contributed by atoms with van der Waals surface area (Å²) in [4.78, 5) is 28.6. The van der Waals surface area contributed by atoms with Crippen molar-refractivity contribution in [2.75, 3.05) is 17.4 Å². The molecule has 39 heavy (non-hydrogen) atoms. The van der Waals surface area contributed by atoms with Crippen LogP contribution >= 0.6 is 11.6 Å². The number of rotatable bonds is 11. The molecule has 0 aromatic heterocycles. The van der Waals surface area contributed by atoms with Gasteiger partial charge in [0.1, 0.15) is 12.6 Å². The lowest BCUT2D eigenvalue weighted by Gasteiger charge is -2.33. The first-order chi connectivity index (χ1) is 18.5. The molecule has 0 saturated carbocycles. The molecule has 9 heteroatoms. The number of nitrogens with one attached hydrogen (secondary N) is 1. The van der Waals surface area contributed by atoms with Gasteiger partial charge in [0.05, 0.1) is 10.6 Å². The second-order valence-corrected chi connectivity index (χ2v) is 11.9. The fourth-order valence-corrected chi connectivity index (χ4v) is 6.06. The third-order valence-corrected chi connectivity index (χ3v) is 8.53. The third kappa shape index (κ3) is 7.40. The second kappa shape index (κ2) is 13.1. The van der Waals surface area contributed by atoms with Crippen molar-refractivity contribution in [2.45, 2.75) is 58.5 Å². The highest BCUT2D eigenvalue weighted by Gasteiger charge is 2.34. The number of aryl methyl sites for hydroxylation is 3. The number of nitrogens with zero attached hydrogens (tertiary/aromatic N) is 2. The molecule has 0 bridgehead atoms. The van der Waals surface area contributed by atoms with Crippen molar-refractivity contribution in [3.63, 3.8) is 0 Å². The van der Waals surface area contributed by atoms with E-state index in [-0.39, 0.29) is 17.3 Å². The first-order valence-corrected chi connectivity index (χ1v) is 14.8. The van der Waals surface area contributed by atoms with Crippen LogP contribution in [-0.2, 0) is 26.2 Å². The summed E-state index contributed by atoms with van der Waals surface area (Å²) in [5.41, 5.74) is 3.77. The molecule has 7 nitrogen and oxygen atoms in total. The first kappa shape index (κ1) is 30.2. The number of halogens is 1. The van der Waals surface area contributed by atoms with E-state index in [1.165, 1.54) is 17.0 Å². The Morgan fingerprint density at radius 2 is 1.49 bits per heavy atom. The molecule has 2 amide bonds. The van der Waals surface area contributed by atoms with Crippen LogP contribution in [0.4, 0.5) is 5.69 Å². The molecule has 0 aliphatic carbocycles. The van der Waals surface area contributed by atoms with E-state index in [1.54, 1.807) is 37.3 Å². The molecule has 0 spiro atoms. The Morgan fingerprint density at radius 1 is 0.897 bits per heavy atom. The minimum atomic E-state index is -4.13. The zero-order valence-electron chi connectivity index (χ0n) is 23.1. The normalized spacial score (nSPS) is 12.1. The largest absolute Gasteiger partial charge is 0.355 e. The number of sulfonamides is 1. The van der Waals surface area contributed by atoms with Gasteiger partial charge in [-0.25, -0.2) is 8.42 Å². The number of anilines is 1. The molecule has 1 N–H and O–H groups in total. The SMILES string of the molecule is CCNC(=O)[C@H](CC)N(Cc1ccc(C)cc1)C(=O)CN(c1ccc(Cl)cc1C)S(=O)(=O)c1ccc(C)cc1. The summed E-state index contributed by atoms with van der Waals surface area (Å²) >= 11 is 6.17. The summed E-state index contributed by atoms with van der Waals surface area (Å²) in [5, 5.41) is 3.27. The van der Waals surface area contributed by atoms with Crippen molar-refractivity contribution in [3.05, 3.63) is 94.0 Å². The second-order valence-electron chi connectivity index (χ2n) is 9.58.